The van der Waals surface area contributed by atoms with E-state index in [4.69, 9.17) is 11.6 Å². The quantitative estimate of drug-likeness (QED) is 0.469. The molecule has 0 fully saturated rings. The van der Waals surface area contributed by atoms with Crippen LogP contribution in [0.15, 0.2) is 54.6 Å². The first-order chi connectivity index (χ1) is 13.9. The van der Waals surface area contributed by atoms with E-state index in [0.717, 1.165) is 21.6 Å². The summed E-state index contributed by atoms with van der Waals surface area (Å²) in [6.45, 7) is 3.34. The molecule has 4 aromatic rings. The van der Waals surface area contributed by atoms with E-state index in [0.29, 0.717) is 21.3 Å². The molecule has 2 heterocycles. The lowest BCUT2D eigenvalue weighted by Crippen LogP contribution is -2.11. The summed E-state index contributed by atoms with van der Waals surface area (Å²) in [4.78, 5) is 25.4. The molecular formula is C21H17ClN4O2S. The lowest BCUT2D eigenvalue weighted by Gasteiger charge is -2.07. The summed E-state index contributed by atoms with van der Waals surface area (Å²) in [5.74, 6) is -0.395. The van der Waals surface area contributed by atoms with E-state index in [1.165, 1.54) is 18.3 Å². The van der Waals surface area contributed by atoms with Crippen LogP contribution in [0.2, 0.25) is 5.02 Å². The van der Waals surface area contributed by atoms with Crippen molar-refractivity contribution in [1.82, 2.24) is 9.78 Å². The van der Waals surface area contributed by atoms with E-state index in [2.05, 4.69) is 15.7 Å². The molecule has 0 aliphatic heterocycles. The number of carbonyl (C=O) groups is 2. The number of carbonyl (C=O) groups excluding carboxylic acids is 2. The molecule has 0 radical (unpaired) electrons. The van der Waals surface area contributed by atoms with Gasteiger partial charge in [-0.25, -0.2) is 4.68 Å². The van der Waals surface area contributed by atoms with Crippen molar-refractivity contribution >= 4 is 56.3 Å². The topological polar surface area (TPSA) is 76.0 Å². The SMILES string of the molecule is CC(=O)Nc1cccc(NC(=O)c2cc3c(C)nn(-c4ccccc4Cl)c3s2)c1. The minimum atomic E-state index is -0.226. The molecule has 2 aromatic carbocycles. The second kappa shape index (κ2) is 7.69. The van der Waals surface area contributed by atoms with Gasteiger partial charge in [-0.2, -0.15) is 5.10 Å². The standard InChI is InChI=1S/C21H17ClN4O2S/c1-12-16-11-19(20(28)24-15-7-5-6-14(10-15)23-13(2)27)29-21(16)26(25-12)18-9-4-3-8-17(18)22/h3-11H,1-2H3,(H,23,27)(H,24,28). The van der Waals surface area contributed by atoms with E-state index in [9.17, 15) is 9.59 Å². The lowest BCUT2D eigenvalue weighted by molar-refractivity contribution is -0.114. The normalized spacial score (nSPS) is 10.9. The molecular weight excluding hydrogens is 408 g/mol. The average molecular weight is 425 g/mol. The number of hydrogen-bond acceptors (Lipinski definition) is 4. The molecule has 4 rings (SSSR count). The number of aromatic nitrogens is 2. The van der Waals surface area contributed by atoms with Gasteiger partial charge in [0, 0.05) is 23.7 Å². The molecule has 2 amide bonds. The summed E-state index contributed by atoms with van der Waals surface area (Å²) in [5, 5.41) is 11.7. The fourth-order valence-electron chi connectivity index (χ4n) is 3.02. The van der Waals surface area contributed by atoms with Crippen molar-refractivity contribution in [2.24, 2.45) is 0 Å². The fraction of sp³-hybridized carbons (Fsp3) is 0.0952. The van der Waals surface area contributed by atoms with Crippen LogP contribution in [0, 0.1) is 6.92 Å². The van der Waals surface area contributed by atoms with E-state index in [1.807, 2.05) is 37.3 Å². The van der Waals surface area contributed by atoms with Crippen LogP contribution < -0.4 is 10.6 Å². The van der Waals surface area contributed by atoms with Crippen LogP contribution in [-0.4, -0.2) is 21.6 Å². The molecule has 0 saturated heterocycles. The van der Waals surface area contributed by atoms with Gasteiger partial charge in [-0.05, 0) is 43.3 Å². The molecule has 0 aliphatic rings. The van der Waals surface area contributed by atoms with Crippen LogP contribution in [0.5, 0.6) is 0 Å². The summed E-state index contributed by atoms with van der Waals surface area (Å²) in [6, 6.07) is 16.3. The Hall–Kier alpha value is -3.16. The second-order valence-electron chi connectivity index (χ2n) is 6.49. The van der Waals surface area contributed by atoms with Gasteiger partial charge in [-0.3, -0.25) is 9.59 Å². The maximum atomic E-state index is 12.8. The Morgan fingerprint density at radius 3 is 2.48 bits per heavy atom. The van der Waals surface area contributed by atoms with E-state index < -0.39 is 0 Å². The molecule has 2 aromatic heterocycles. The van der Waals surface area contributed by atoms with Crippen molar-refractivity contribution in [3.8, 4) is 5.69 Å². The Labute approximate surface area is 176 Å². The van der Waals surface area contributed by atoms with Crippen molar-refractivity contribution in [3.05, 3.63) is 70.2 Å². The number of thiophene rings is 1. The number of fused-ring (bicyclic) bond motifs is 1. The number of aryl methyl sites for hydroxylation is 1. The van der Waals surface area contributed by atoms with Gasteiger partial charge in [0.05, 0.1) is 21.3 Å². The molecule has 29 heavy (non-hydrogen) atoms. The third-order valence-electron chi connectivity index (χ3n) is 4.29. The van der Waals surface area contributed by atoms with Crippen LogP contribution in [0.25, 0.3) is 15.9 Å². The van der Waals surface area contributed by atoms with Gasteiger partial charge in [0.2, 0.25) is 5.91 Å². The number of rotatable bonds is 4. The van der Waals surface area contributed by atoms with Gasteiger partial charge in [0.1, 0.15) is 4.83 Å². The van der Waals surface area contributed by atoms with Crippen LogP contribution in [0.4, 0.5) is 11.4 Å². The maximum Gasteiger partial charge on any atom is 0.265 e. The zero-order valence-corrected chi connectivity index (χ0v) is 17.3. The molecule has 6 nitrogen and oxygen atoms in total. The summed E-state index contributed by atoms with van der Waals surface area (Å²) < 4.78 is 1.77. The number of anilines is 2. The number of hydrogen-bond donors (Lipinski definition) is 2. The Bertz CT molecular complexity index is 1240. The maximum absolute atomic E-state index is 12.8. The second-order valence-corrected chi connectivity index (χ2v) is 7.93. The van der Waals surface area contributed by atoms with Crippen molar-refractivity contribution in [3.63, 3.8) is 0 Å². The first kappa shape index (κ1) is 19.2. The highest BCUT2D eigenvalue weighted by Gasteiger charge is 2.18. The van der Waals surface area contributed by atoms with Crippen molar-refractivity contribution in [1.29, 1.82) is 0 Å². The number of nitrogens with zero attached hydrogens (tertiary/aromatic N) is 2. The molecule has 0 spiro atoms. The number of para-hydroxylation sites is 1. The Balaban J connectivity index is 1.65. The molecule has 0 saturated carbocycles. The van der Waals surface area contributed by atoms with Gasteiger partial charge in [0.15, 0.2) is 0 Å². The highest BCUT2D eigenvalue weighted by Crippen LogP contribution is 2.32. The predicted molar refractivity (Wildman–Crippen MR) is 117 cm³/mol. The molecule has 0 bridgehead atoms. The number of halogens is 1. The summed E-state index contributed by atoms with van der Waals surface area (Å²) in [5.41, 5.74) is 2.81. The van der Waals surface area contributed by atoms with Gasteiger partial charge in [-0.15, -0.1) is 11.3 Å². The van der Waals surface area contributed by atoms with Crippen LogP contribution in [-0.2, 0) is 4.79 Å². The van der Waals surface area contributed by atoms with Gasteiger partial charge in [0.25, 0.3) is 5.91 Å². The Kier molecular flexibility index (Phi) is 5.08. The minimum Gasteiger partial charge on any atom is -0.326 e. The monoisotopic (exact) mass is 424 g/mol. The van der Waals surface area contributed by atoms with Crippen LogP contribution in [0.3, 0.4) is 0 Å². The Morgan fingerprint density at radius 2 is 1.76 bits per heavy atom. The molecule has 0 atom stereocenters. The largest absolute Gasteiger partial charge is 0.326 e. The van der Waals surface area contributed by atoms with E-state index in [1.54, 1.807) is 28.9 Å². The Morgan fingerprint density at radius 1 is 1.03 bits per heavy atom. The van der Waals surface area contributed by atoms with E-state index in [-0.39, 0.29) is 11.8 Å². The van der Waals surface area contributed by atoms with Crippen LogP contribution >= 0.6 is 22.9 Å². The van der Waals surface area contributed by atoms with Crippen LogP contribution in [0.1, 0.15) is 22.3 Å². The van der Waals surface area contributed by atoms with Crippen molar-refractivity contribution < 1.29 is 9.59 Å². The predicted octanol–water partition coefficient (Wildman–Crippen LogP) is 5.26. The number of amides is 2. The van der Waals surface area contributed by atoms with Gasteiger partial charge < -0.3 is 10.6 Å². The molecule has 8 heteroatoms. The first-order valence-corrected chi connectivity index (χ1v) is 10.0. The highest BCUT2D eigenvalue weighted by molar-refractivity contribution is 7.20. The summed E-state index contributed by atoms with van der Waals surface area (Å²) in [7, 11) is 0. The zero-order valence-electron chi connectivity index (χ0n) is 15.7. The number of nitrogens with one attached hydrogen (secondary N) is 2. The summed E-state index contributed by atoms with van der Waals surface area (Å²) in [6.07, 6.45) is 0. The molecule has 0 aliphatic carbocycles. The smallest absolute Gasteiger partial charge is 0.265 e. The molecule has 146 valence electrons. The average Bonchev–Trinajstić information content (AvgIpc) is 3.23. The first-order valence-electron chi connectivity index (χ1n) is 8.85. The third kappa shape index (κ3) is 3.87. The number of benzene rings is 2. The molecule has 0 unspecified atom stereocenters. The van der Waals surface area contributed by atoms with Gasteiger partial charge in [-0.1, -0.05) is 29.8 Å². The molecule has 2 N–H and O–H groups in total. The van der Waals surface area contributed by atoms with Gasteiger partial charge >= 0.3 is 0 Å². The third-order valence-corrected chi connectivity index (χ3v) is 5.72. The zero-order chi connectivity index (χ0) is 20.5. The summed E-state index contributed by atoms with van der Waals surface area (Å²) >= 11 is 7.68. The van der Waals surface area contributed by atoms with E-state index >= 15 is 0 Å². The highest BCUT2D eigenvalue weighted by atomic mass is 35.5. The fourth-order valence-corrected chi connectivity index (χ4v) is 4.30. The minimum absolute atomic E-state index is 0.169. The van der Waals surface area contributed by atoms with Crippen molar-refractivity contribution in [2.75, 3.05) is 10.6 Å². The van der Waals surface area contributed by atoms with Crippen molar-refractivity contribution in [2.45, 2.75) is 13.8 Å². The lowest BCUT2D eigenvalue weighted by atomic mass is 10.2.